The molecule has 7 nitrogen and oxygen atoms in total. The quantitative estimate of drug-likeness (QED) is 0.624. The van der Waals surface area contributed by atoms with Gasteiger partial charge in [-0.05, 0) is 24.6 Å². The normalized spacial score (nSPS) is 10.4. The number of anilines is 2. The summed E-state index contributed by atoms with van der Waals surface area (Å²) in [7, 11) is 1.52. The van der Waals surface area contributed by atoms with E-state index in [0.29, 0.717) is 23.0 Å². The molecule has 0 saturated heterocycles. The monoisotopic (exact) mass is 396 g/mol. The molecule has 0 atom stereocenters. The molecule has 1 aromatic carbocycles. The summed E-state index contributed by atoms with van der Waals surface area (Å²) in [6, 6.07) is 10.7. The molecule has 8 heteroatoms. The first-order valence-electron chi connectivity index (χ1n) is 8.76. The Morgan fingerprint density at radius 3 is 2.54 bits per heavy atom. The minimum absolute atomic E-state index is 0.00179. The van der Waals surface area contributed by atoms with E-state index in [2.05, 4.69) is 20.6 Å². The van der Waals surface area contributed by atoms with Crippen molar-refractivity contribution in [3.63, 3.8) is 0 Å². The molecule has 144 valence electrons. The molecule has 3 aromatic rings. The molecule has 0 unspecified atom stereocenters. The number of methoxy groups -OCH3 is 1. The molecule has 2 heterocycles. The zero-order chi connectivity index (χ0) is 19.9. The van der Waals surface area contributed by atoms with Crippen molar-refractivity contribution >= 4 is 34.0 Å². The van der Waals surface area contributed by atoms with Crippen LogP contribution in [0.2, 0.25) is 0 Å². The second kappa shape index (κ2) is 9.09. The lowest BCUT2D eigenvalue weighted by Crippen LogP contribution is -2.12. The molecular weight excluding hydrogens is 376 g/mol. The Labute approximate surface area is 166 Å². The predicted molar refractivity (Wildman–Crippen MR) is 110 cm³/mol. The molecule has 0 radical (unpaired) electrons. The first-order valence-corrected chi connectivity index (χ1v) is 9.64. The van der Waals surface area contributed by atoms with Crippen LogP contribution in [0.5, 0.6) is 5.88 Å². The maximum Gasteiger partial charge on any atom is 0.259 e. The van der Waals surface area contributed by atoms with Crippen LogP contribution >= 0.6 is 11.3 Å². The summed E-state index contributed by atoms with van der Waals surface area (Å²) in [5, 5.41) is 7.98. The molecule has 2 N–H and O–H groups in total. The molecule has 2 amide bonds. The van der Waals surface area contributed by atoms with Gasteiger partial charge < -0.3 is 10.1 Å². The highest BCUT2D eigenvalue weighted by molar-refractivity contribution is 7.14. The summed E-state index contributed by atoms with van der Waals surface area (Å²) in [6.07, 6.45) is 2.76. The van der Waals surface area contributed by atoms with Gasteiger partial charge in [0.25, 0.3) is 5.91 Å². The van der Waals surface area contributed by atoms with E-state index >= 15 is 0 Å². The number of thiazole rings is 1. The number of carbonyl (C=O) groups excluding carboxylic acids is 2. The van der Waals surface area contributed by atoms with Gasteiger partial charge in [-0.25, -0.2) is 9.97 Å². The summed E-state index contributed by atoms with van der Waals surface area (Å²) < 4.78 is 4.98. The summed E-state index contributed by atoms with van der Waals surface area (Å²) in [4.78, 5) is 32.4. The van der Waals surface area contributed by atoms with Gasteiger partial charge in [0.2, 0.25) is 11.8 Å². The third-order valence-electron chi connectivity index (χ3n) is 3.87. The zero-order valence-corrected chi connectivity index (χ0v) is 16.4. The van der Waals surface area contributed by atoms with Gasteiger partial charge >= 0.3 is 0 Å². The average Bonchev–Trinajstić information content (AvgIpc) is 3.17. The van der Waals surface area contributed by atoms with E-state index in [1.807, 2.05) is 36.6 Å². The van der Waals surface area contributed by atoms with Crippen molar-refractivity contribution in [1.82, 2.24) is 9.97 Å². The van der Waals surface area contributed by atoms with Crippen LogP contribution in [0.25, 0.3) is 11.3 Å². The Morgan fingerprint density at radius 2 is 1.89 bits per heavy atom. The Balaban J connectivity index is 1.64. The lowest BCUT2D eigenvalue weighted by atomic mass is 10.1. The fourth-order valence-electron chi connectivity index (χ4n) is 2.44. The third-order valence-corrected chi connectivity index (χ3v) is 4.63. The van der Waals surface area contributed by atoms with Crippen molar-refractivity contribution in [2.45, 2.75) is 19.8 Å². The standard InChI is InChI=1S/C20H20N4O3S/c1-3-4-17(25)22-15-8-5-13(6-9-15)16-12-28-20(23-16)24-19(26)14-7-10-18(27-2)21-11-14/h5-12H,3-4H2,1-2H3,(H,22,25)(H,23,24,26). The minimum Gasteiger partial charge on any atom is -0.481 e. The maximum atomic E-state index is 12.3. The molecule has 2 aromatic heterocycles. The van der Waals surface area contributed by atoms with E-state index in [-0.39, 0.29) is 11.8 Å². The van der Waals surface area contributed by atoms with Crippen molar-refractivity contribution in [2.24, 2.45) is 0 Å². The smallest absolute Gasteiger partial charge is 0.259 e. The molecule has 0 aliphatic carbocycles. The second-order valence-electron chi connectivity index (χ2n) is 5.96. The lowest BCUT2D eigenvalue weighted by Gasteiger charge is -2.05. The van der Waals surface area contributed by atoms with Gasteiger partial charge in [0, 0.05) is 35.3 Å². The number of ether oxygens (including phenoxy) is 1. The number of hydrogen-bond donors (Lipinski definition) is 2. The first kappa shape index (κ1) is 19.5. The molecule has 0 spiro atoms. The van der Waals surface area contributed by atoms with Crippen LogP contribution in [0.15, 0.2) is 48.0 Å². The van der Waals surface area contributed by atoms with Crippen LogP contribution in [0.1, 0.15) is 30.1 Å². The van der Waals surface area contributed by atoms with E-state index in [9.17, 15) is 9.59 Å². The summed E-state index contributed by atoms with van der Waals surface area (Å²) in [5.74, 6) is 0.161. The zero-order valence-electron chi connectivity index (χ0n) is 15.6. The largest absolute Gasteiger partial charge is 0.481 e. The number of hydrogen-bond acceptors (Lipinski definition) is 6. The minimum atomic E-state index is -0.287. The van der Waals surface area contributed by atoms with E-state index in [4.69, 9.17) is 4.74 Å². The van der Waals surface area contributed by atoms with Crippen LogP contribution in [0, 0.1) is 0 Å². The first-order chi connectivity index (χ1) is 13.6. The molecular formula is C20H20N4O3S. The van der Waals surface area contributed by atoms with Crippen molar-refractivity contribution in [3.05, 3.63) is 53.5 Å². The molecule has 0 bridgehead atoms. The maximum absolute atomic E-state index is 12.3. The highest BCUT2D eigenvalue weighted by Crippen LogP contribution is 2.26. The number of nitrogens with zero attached hydrogens (tertiary/aromatic N) is 2. The highest BCUT2D eigenvalue weighted by Gasteiger charge is 2.11. The Kier molecular flexibility index (Phi) is 6.33. The van der Waals surface area contributed by atoms with Gasteiger partial charge in [0.05, 0.1) is 18.4 Å². The predicted octanol–water partition coefficient (Wildman–Crippen LogP) is 4.20. The second-order valence-corrected chi connectivity index (χ2v) is 6.81. The average molecular weight is 396 g/mol. The van der Waals surface area contributed by atoms with Gasteiger partial charge in [-0.15, -0.1) is 11.3 Å². The van der Waals surface area contributed by atoms with Crippen LogP contribution in [0.4, 0.5) is 10.8 Å². The van der Waals surface area contributed by atoms with Crippen LogP contribution in [-0.2, 0) is 4.79 Å². The summed E-state index contributed by atoms with van der Waals surface area (Å²) in [6.45, 7) is 1.96. The Morgan fingerprint density at radius 1 is 1.11 bits per heavy atom. The van der Waals surface area contributed by atoms with Crippen LogP contribution in [-0.4, -0.2) is 28.9 Å². The molecule has 3 rings (SSSR count). The van der Waals surface area contributed by atoms with E-state index in [1.165, 1.54) is 24.6 Å². The lowest BCUT2D eigenvalue weighted by molar-refractivity contribution is -0.116. The van der Waals surface area contributed by atoms with Gasteiger partial charge in [-0.2, -0.15) is 0 Å². The Bertz CT molecular complexity index is 952. The van der Waals surface area contributed by atoms with Gasteiger partial charge in [-0.3, -0.25) is 14.9 Å². The van der Waals surface area contributed by atoms with Crippen molar-refractivity contribution in [3.8, 4) is 17.1 Å². The number of rotatable bonds is 7. The number of benzene rings is 1. The number of aromatic nitrogens is 2. The van der Waals surface area contributed by atoms with E-state index in [0.717, 1.165) is 23.4 Å². The fourth-order valence-corrected chi connectivity index (χ4v) is 3.16. The molecule has 0 aliphatic heterocycles. The van der Waals surface area contributed by atoms with Gasteiger partial charge in [0.15, 0.2) is 5.13 Å². The number of pyridine rings is 1. The number of amides is 2. The van der Waals surface area contributed by atoms with Crippen LogP contribution < -0.4 is 15.4 Å². The van der Waals surface area contributed by atoms with E-state index < -0.39 is 0 Å². The topological polar surface area (TPSA) is 93.2 Å². The van der Waals surface area contributed by atoms with Gasteiger partial charge in [-0.1, -0.05) is 19.1 Å². The highest BCUT2D eigenvalue weighted by atomic mass is 32.1. The molecule has 0 fully saturated rings. The van der Waals surface area contributed by atoms with Crippen molar-refractivity contribution in [1.29, 1.82) is 0 Å². The number of nitrogens with one attached hydrogen (secondary N) is 2. The summed E-state index contributed by atoms with van der Waals surface area (Å²) in [5.41, 5.74) is 2.82. The fraction of sp³-hybridized carbons (Fsp3) is 0.200. The van der Waals surface area contributed by atoms with E-state index in [1.54, 1.807) is 12.1 Å². The molecule has 28 heavy (non-hydrogen) atoms. The molecule has 0 saturated carbocycles. The molecule has 0 aliphatic rings. The van der Waals surface area contributed by atoms with Crippen molar-refractivity contribution in [2.75, 3.05) is 17.7 Å². The van der Waals surface area contributed by atoms with Crippen molar-refractivity contribution < 1.29 is 14.3 Å². The SMILES string of the molecule is CCCC(=O)Nc1ccc(-c2csc(NC(=O)c3ccc(OC)nc3)n2)cc1. The van der Waals surface area contributed by atoms with Crippen LogP contribution in [0.3, 0.4) is 0 Å². The summed E-state index contributed by atoms with van der Waals surface area (Å²) >= 11 is 1.34. The van der Waals surface area contributed by atoms with Gasteiger partial charge in [0.1, 0.15) is 0 Å². The number of carbonyl (C=O) groups is 2. The third kappa shape index (κ3) is 4.92. The Hall–Kier alpha value is -3.26.